The molecule has 0 saturated heterocycles. The topological polar surface area (TPSA) is 0 Å². The van der Waals surface area contributed by atoms with Crippen molar-refractivity contribution in [3.63, 3.8) is 0 Å². The number of alkyl halides is 1. The van der Waals surface area contributed by atoms with Crippen molar-refractivity contribution in [3.05, 3.63) is 46.6 Å². The number of rotatable bonds is 3. The van der Waals surface area contributed by atoms with Gasteiger partial charge in [-0.15, -0.1) is 0 Å². The van der Waals surface area contributed by atoms with Gasteiger partial charge in [0.1, 0.15) is 0 Å². The zero-order valence-corrected chi connectivity index (χ0v) is 12.4. The summed E-state index contributed by atoms with van der Waals surface area (Å²) in [4.78, 5) is 0.424. The Morgan fingerprint density at radius 1 is 1.35 bits per heavy atom. The SMILES string of the molecule is CCCCC1=C(C)C2=C(C=CCC2)C=C[C@@H]1Br. The van der Waals surface area contributed by atoms with Gasteiger partial charge in [0.2, 0.25) is 0 Å². The molecule has 0 nitrogen and oxygen atoms in total. The van der Waals surface area contributed by atoms with Crippen LogP contribution in [0.2, 0.25) is 0 Å². The summed E-state index contributed by atoms with van der Waals surface area (Å²) >= 11 is 3.81. The molecule has 0 heterocycles. The number of hydrogen-bond acceptors (Lipinski definition) is 0. The largest absolute Gasteiger partial charge is 0.0836 e. The first-order valence-corrected chi connectivity index (χ1v) is 7.57. The summed E-state index contributed by atoms with van der Waals surface area (Å²) < 4.78 is 0. The summed E-state index contributed by atoms with van der Waals surface area (Å²) in [6.45, 7) is 4.57. The molecule has 0 aliphatic heterocycles. The van der Waals surface area contributed by atoms with Gasteiger partial charge in [0.15, 0.2) is 0 Å². The Balaban J connectivity index is 2.37. The zero-order valence-electron chi connectivity index (χ0n) is 10.8. The number of halogens is 1. The molecule has 1 heteroatoms. The third kappa shape index (κ3) is 2.82. The minimum atomic E-state index is 0.424. The smallest absolute Gasteiger partial charge is 0.0544 e. The van der Waals surface area contributed by atoms with Crippen LogP contribution in [0.5, 0.6) is 0 Å². The molecule has 2 aliphatic carbocycles. The Kier molecular flexibility index (Phi) is 4.44. The van der Waals surface area contributed by atoms with Crippen molar-refractivity contribution in [1.29, 1.82) is 0 Å². The van der Waals surface area contributed by atoms with Gasteiger partial charge >= 0.3 is 0 Å². The normalized spacial score (nSPS) is 24.1. The molecule has 2 rings (SSSR count). The Labute approximate surface area is 113 Å². The first kappa shape index (κ1) is 12.9. The van der Waals surface area contributed by atoms with Gasteiger partial charge in [-0.3, -0.25) is 0 Å². The molecule has 92 valence electrons. The lowest BCUT2D eigenvalue weighted by atomic mass is 9.89. The van der Waals surface area contributed by atoms with E-state index in [1.165, 1.54) is 43.3 Å². The van der Waals surface area contributed by atoms with Crippen LogP contribution in [0.4, 0.5) is 0 Å². The predicted molar refractivity (Wildman–Crippen MR) is 79.5 cm³/mol. The highest BCUT2D eigenvalue weighted by Gasteiger charge is 2.18. The van der Waals surface area contributed by atoms with Crippen molar-refractivity contribution in [3.8, 4) is 0 Å². The minimum absolute atomic E-state index is 0.424. The van der Waals surface area contributed by atoms with E-state index < -0.39 is 0 Å². The predicted octanol–water partition coefficient (Wildman–Crippen LogP) is 5.47. The van der Waals surface area contributed by atoms with Crippen LogP contribution in [0.1, 0.15) is 46.0 Å². The van der Waals surface area contributed by atoms with E-state index in [-0.39, 0.29) is 0 Å². The molecule has 0 amide bonds. The molecule has 0 unspecified atom stereocenters. The molecular weight excluding hydrogens is 272 g/mol. The highest BCUT2D eigenvalue weighted by Crippen LogP contribution is 2.35. The maximum absolute atomic E-state index is 3.81. The molecule has 0 fully saturated rings. The Morgan fingerprint density at radius 2 is 2.18 bits per heavy atom. The minimum Gasteiger partial charge on any atom is -0.0836 e. The fraction of sp³-hybridized carbons (Fsp3) is 0.500. The highest BCUT2D eigenvalue weighted by molar-refractivity contribution is 9.09. The van der Waals surface area contributed by atoms with E-state index in [1.807, 2.05) is 0 Å². The van der Waals surface area contributed by atoms with Crippen LogP contribution in [-0.4, -0.2) is 4.83 Å². The summed E-state index contributed by atoms with van der Waals surface area (Å²) in [5.74, 6) is 0. The Hall–Kier alpha value is -0.560. The molecule has 0 bridgehead atoms. The third-order valence-corrected chi connectivity index (χ3v) is 4.58. The van der Waals surface area contributed by atoms with Crippen LogP contribution >= 0.6 is 15.9 Å². The Morgan fingerprint density at radius 3 is 2.94 bits per heavy atom. The van der Waals surface area contributed by atoms with Crippen LogP contribution in [0.25, 0.3) is 0 Å². The van der Waals surface area contributed by atoms with E-state index in [9.17, 15) is 0 Å². The molecule has 0 N–H and O–H groups in total. The lowest BCUT2D eigenvalue weighted by molar-refractivity contribution is 0.771. The Bertz CT molecular complexity index is 407. The second kappa shape index (κ2) is 5.86. The fourth-order valence-corrected chi connectivity index (χ4v) is 3.37. The fourth-order valence-electron chi connectivity index (χ4n) is 2.64. The van der Waals surface area contributed by atoms with Crippen molar-refractivity contribution in [2.24, 2.45) is 0 Å². The summed E-state index contributed by atoms with van der Waals surface area (Å²) in [6, 6.07) is 0. The molecular formula is C16H21Br. The van der Waals surface area contributed by atoms with E-state index >= 15 is 0 Å². The van der Waals surface area contributed by atoms with E-state index in [0.29, 0.717) is 4.83 Å². The van der Waals surface area contributed by atoms with Gasteiger partial charge in [0.25, 0.3) is 0 Å². The summed E-state index contributed by atoms with van der Waals surface area (Å²) in [6.07, 6.45) is 15.3. The first-order valence-electron chi connectivity index (χ1n) is 6.66. The van der Waals surface area contributed by atoms with Crippen molar-refractivity contribution in [2.75, 3.05) is 0 Å². The molecule has 1 atom stereocenters. The molecule has 0 saturated carbocycles. The monoisotopic (exact) mass is 292 g/mol. The van der Waals surface area contributed by atoms with Crippen LogP contribution in [0, 0.1) is 0 Å². The summed E-state index contributed by atoms with van der Waals surface area (Å²) in [5, 5.41) is 0. The second-order valence-corrected chi connectivity index (χ2v) is 5.88. The maximum atomic E-state index is 3.81. The molecule has 17 heavy (non-hydrogen) atoms. The van der Waals surface area contributed by atoms with Gasteiger partial charge in [0.05, 0.1) is 4.83 Å². The molecule has 0 radical (unpaired) electrons. The lowest BCUT2D eigenvalue weighted by Crippen LogP contribution is -2.03. The highest BCUT2D eigenvalue weighted by atomic mass is 79.9. The van der Waals surface area contributed by atoms with Gasteiger partial charge in [-0.05, 0) is 54.9 Å². The van der Waals surface area contributed by atoms with Crippen molar-refractivity contribution in [1.82, 2.24) is 0 Å². The van der Waals surface area contributed by atoms with Crippen LogP contribution in [0.15, 0.2) is 46.6 Å². The van der Waals surface area contributed by atoms with Gasteiger partial charge in [0, 0.05) is 0 Å². The first-order chi connectivity index (χ1) is 8.24. The number of hydrogen-bond donors (Lipinski definition) is 0. The average molecular weight is 293 g/mol. The summed E-state index contributed by atoms with van der Waals surface area (Å²) in [5.41, 5.74) is 6.11. The van der Waals surface area contributed by atoms with Gasteiger partial charge in [-0.2, -0.15) is 0 Å². The second-order valence-electron chi connectivity index (χ2n) is 4.89. The molecule has 0 aromatic heterocycles. The van der Waals surface area contributed by atoms with Gasteiger partial charge < -0.3 is 0 Å². The average Bonchev–Trinajstić information content (AvgIpc) is 2.47. The van der Waals surface area contributed by atoms with E-state index in [2.05, 4.69) is 54.1 Å². The van der Waals surface area contributed by atoms with Crippen LogP contribution < -0.4 is 0 Å². The van der Waals surface area contributed by atoms with Gasteiger partial charge in [-0.1, -0.05) is 53.6 Å². The van der Waals surface area contributed by atoms with E-state index in [1.54, 1.807) is 11.1 Å². The quantitative estimate of drug-likeness (QED) is 0.605. The van der Waals surface area contributed by atoms with Crippen LogP contribution in [-0.2, 0) is 0 Å². The molecule has 0 aromatic rings. The zero-order chi connectivity index (χ0) is 12.3. The standard InChI is InChI=1S/C16H21Br/c1-3-4-8-15-12(2)14-9-6-5-7-13(14)10-11-16(15)17/h5,7,10-11,16H,3-4,6,8-9H2,1-2H3/t16-/m0/s1. The molecule has 0 aromatic carbocycles. The van der Waals surface area contributed by atoms with E-state index in [4.69, 9.17) is 0 Å². The maximum Gasteiger partial charge on any atom is 0.0544 e. The number of unbranched alkanes of at least 4 members (excludes halogenated alkanes) is 1. The number of allylic oxidation sites excluding steroid dienone is 8. The van der Waals surface area contributed by atoms with Crippen molar-refractivity contribution in [2.45, 2.75) is 50.8 Å². The molecule has 2 aliphatic rings. The van der Waals surface area contributed by atoms with Crippen molar-refractivity contribution < 1.29 is 0 Å². The van der Waals surface area contributed by atoms with Crippen molar-refractivity contribution >= 4 is 15.9 Å². The lowest BCUT2D eigenvalue weighted by Gasteiger charge is -2.18. The summed E-state index contributed by atoms with van der Waals surface area (Å²) in [7, 11) is 0. The third-order valence-electron chi connectivity index (χ3n) is 3.72. The van der Waals surface area contributed by atoms with Gasteiger partial charge in [-0.25, -0.2) is 0 Å². The molecule has 0 spiro atoms. The van der Waals surface area contributed by atoms with Crippen LogP contribution in [0.3, 0.4) is 0 Å². The van der Waals surface area contributed by atoms with E-state index in [0.717, 1.165) is 0 Å².